The van der Waals surface area contributed by atoms with E-state index in [-0.39, 0.29) is 18.6 Å². The standard InChI is InChI=1S/C27H39NO8/c1-27(2,3)23-6-7-24(22-5-4-8-28-20-22)25(19-23)36-18-17-34-14-13-32-10-9-31-11-12-33-15-16-35-21-26(29)30/h4-8,19-20H,9-18,21H2,1-3H3,(H,29,30). The van der Waals surface area contributed by atoms with Crippen molar-refractivity contribution in [1.29, 1.82) is 0 Å². The van der Waals surface area contributed by atoms with Gasteiger partial charge in [-0.1, -0.05) is 39.0 Å². The molecule has 9 nitrogen and oxygen atoms in total. The average Bonchev–Trinajstić information content (AvgIpc) is 2.85. The number of benzene rings is 1. The second kappa shape index (κ2) is 17.0. The van der Waals surface area contributed by atoms with Crippen LogP contribution in [0.4, 0.5) is 0 Å². The number of rotatable bonds is 19. The maximum atomic E-state index is 10.3. The van der Waals surface area contributed by atoms with Gasteiger partial charge in [-0.2, -0.15) is 0 Å². The zero-order chi connectivity index (χ0) is 26.1. The van der Waals surface area contributed by atoms with Crippen LogP contribution in [0, 0.1) is 0 Å². The third kappa shape index (κ3) is 12.4. The molecule has 2 rings (SSSR count). The first-order valence-electron chi connectivity index (χ1n) is 12.2. The lowest BCUT2D eigenvalue weighted by molar-refractivity contribution is -0.142. The highest BCUT2D eigenvalue weighted by Crippen LogP contribution is 2.34. The predicted molar refractivity (Wildman–Crippen MR) is 136 cm³/mol. The fourth-order valence-corrected chi connectivity index (χ4v) is 3.12. The molecule has 1 heterocycles. The molecular weight excluding hydrogens is 466 g/mol. The van der Waals surface area contributed by atoms with Crippen LogP contribution in [-0.2, 0) is 33.9 Å². The van der Waals surface area contributed by atoms with Crippen molar-refractivity contribution in [2.75, 3.05) is 72.7 Å². The number of nitrogens with zero attached hydrogens (tertiary/aromatic N) is 1. The zero-order valence-electron chi connectivity index (χ0n) is 21.6. The quantitative estimate of drug-likeness (QED) is 0.287. The summed E-state index contributed by atoms with van der Waals surface area (Å²) in [6.45, 7) is 10.4. The van der Waals surface area contributed by atoms with E-state index in [1.165, 1.54) is 5.56 Å². The number of carboxylic acids is 1. The molecule has 0 saturated carbocycles. The van der Waals surface area contributed by atoms with Crippen molar-refractivity contribution in [3.63, 3.8) is 0 Å². The van der Waals surface area contributed by atoms with Gasteiger partial charge in [-0.3, -0.25) is 4.98 Å². The Bertz CT molecular complexity index is 870. The van der Waals surface area contributed by atoms with Crippen molar-refractivity contribution >= 4 is 5.97 Å². The summed E-state index contributed by atoms with van der Waals surface area (Å²) >= 11 is 0. The normalized spacial score (nSPS) is 11.5. The summed E-state index contributed by atoms with van der Waals surface area (Å²) in [4.78, 5) is 14.5. The molecule has 0 amide bonds. The van der Waals surface area contributed by atoms with Gasteiger partial charge in [0.1, 0.15) is 19.0 Å². The van der Waals surface area contributed by atoms with Gasteiger partial charge in [-0.25, -0.2) is 4.79 Å². The number of hydrogen-bond donors (Lipinski definition) is 1. The van der Waals surface area contributed by atoms with Crippen LogP contribution >= 0.6 is 0 Å². The van der Waals surface area contributed by atoms with Gasteiger partial charge in [0, 0.05) is 23.5 Å². The summed E-state index contributed by atoms with van der Waals surface area (Å²) in [5, 5.41) is 8.43. The molecule has 1 aromatic carbocycles. The van der Waals surface area contributed by atoms with Gasteiger partial charge in [0.25, 0.3) is 0 Å². The summed E-state index contributed by atoms with van der Waals surface area (Å²) in [5.74, 6) is -0.168. The number of aliphatic carboxylic acids is 1. The molecule has 9 heteroatoms. The van der Waals surface area contributed by atoms with Crippen LogP contribution in [0.1, 0.15) is 26.3 Å². The van der Waals surface area contributed by atoms with Gasteiger partial charge in [0.2, 0.25) is 0 Å². The number of hydrogen-bond acceptors (Lipinski definition) is 8. The lowest BCUT2D eigenvalue weighted by atomic mass is 9.86. The molecule has 36 heavy (non-hydrogen) atoms. The van der Waals surface area contributed by atoms with Gasteiger partial charge >= 0.3 is 5.97 Å². The monoisotopic (exact) mass is 505 g/mol. The van der Waals surface area contributed by atoms with E-state index in [9.17, 15) is 4.79 Å². The van der Waals surface area contributed by atoms with Crippen LogP contribution in [0.25, 0.3) is 11.1 Å². The zero-order valence-corrected chi connectivity index (χ0v) is 21.6. The fraction of sp³-hybridized carbons (Fsp3) is 0.556. The van der Waals surface area contributed by atoms with Gasteiger partial charge in [-0.05, 0) is 23.1 Å². The summed E-state index contributed by atoms with van der Waals surface area (Å²) in [7, 11) is 0. The first-order chi connectivity index (χ1) is 17.4. The van der Waals surface area contributed by atoms with Crippen LogP contribution in [0.3, 0.4) is 0 Å². The summed E-state index contributed by atoms with van der Waals surface area (Å²) < 4.78 is 32.7. The molecule has 0 aliphatic rings. The highest BCUT2D eigenvalue weighted by atomic mass is 16.6. The van der Waals surface area contributed by atoms with E-state index < -0.39 is 5.97 Å². The fourth-order valence-electron chi connectivity index (χ4n) is 3.12. The summed E-state index contributed by atoms with van der Waals surface area (Å²) in [6.07, 6.45) is 3.60. The molecule has 0 unspecified atom stereocenters. The SMILES string of the molecule is CC(C)(C)c1ccc(-c2cccnc2)c(OCCOCCOCCOCCOCCOCC(=O)O)c1. The maximum Gasteiger partial charge on any atom is 0.329 e. The largest absolute Gasteiger partial charge is 0.491 e. The molecule has 200 valence electrons. The molecule has 0 bridgehead atoms. The van der Waals surface area contributed by atoms with E-state index in [2.05, 4.69) is 44.0 Å². The molecule has 2 aromatic rings. The second-order valence-corrected chi connectivity index (χ2v) is 8.95. The lowest BCUT2D eigenvalue weighted by Crippen LogP contribution is -2.15. The minimum atomic E-state index is -0.991. The Morgan fingerprint density at radius 1 is 0.806 bits per heavy atom. The van der Waals surface area contributed by atoms with E-state index in [0.29, 0.717) is 59.5 Å². The van der Waals surface area contributed by atoms with Crippen LogP contribution < -0.4 is 4.74 Å². The molecule has 1 aromatic heterocycles. The minimum absolute atomic E-state index is 0.0223. The van der Waals surface area contributed by atoms with E-state index in [1.807, 2.05) is 18.3 Å². The van der Waals surface area contributed by atoms with Gasteiger partial charge in [0.15, 0.2) is 0 Å². The molecule has 0 atom stereocenters. The Morgan fingerprint density at radius 2 is 1.36 bits per heavy atom. The average molecular weight is 506 g/mol. The minimum Gasteiger partial charge on any atom is -0.491 e. The van der Waals surface area contributed by atoms with Gasteiger partial charge in [0.05, 0.1) is 59.5 Å². The summed E-state index contributed by atoms with van der Waals surface area (Å²) in [6, 6.07) is 10.3. The maximum absolute atomic E-state index is 10.3. The van der Waals surface area contributed by atoms with E-state index in [1.54, 1.807) is 6.20 Å². The predicted octanol–water partition coefficient (Wildman–Crippen LogP) is 3.59. The van der Waals surface area contributed by atoms with Crippen molar-refractivity contribution in [2.24, 2.45) is 0 Å². The molecule has 0 aliphatic carbocycles. The Hall–Kier alpha value is -2.56. The smallest absolute Gasteiger partial charge is 0.329 e. The summed E-state index contributed by atoms with van der Waals surface area (Å²) in [5.41, 5.74) is 3.25. The van der Waals surface area contributed by atoms with E-state index in [4.69, 9.17) is 33.5 Å². The molecule has 1 N–H and O–H groups in total. The number of pyridine rings is 1. The molecule has 0 radical (unpaired) electrons. The number of carboxylic acid groups (broad SMARTS) is 1. The van der Waals surface area contributed by atoms with Crippen LogP contribution in [0.2, 0.25) is 0 Å². The number of ether oxygens (including phenoxy) is 6. The highest BCUT2D eigenvalue weighted by molar-refractivity contribution is 5.70. The Morgan fingerprint density at radius 3 is 1.86 bits per heavy atom. The van der Waals surface area contributed by atoms with E-state index in [0.717, 1.165) is 16.9 Å². The Labute approximate surface area is 213 Å². The highest BCUT2D eigenvalue weighted by Gasteiger charge is 2.17. The third-order valence-corrected chi connectivity index (χ3v) is 5.02. The Kier molecular flexibility index (Phi) is 14.0. The van der Waals surface area contributed by atoms with Crippen LogP contribution in [-0.4, -0.2) is 88.7 Å². The van der Waals surface area contributed by atoms with Crippen molar-refractivity contribution in [1.82, 2.24) is 4.98 Å². The molecule has 0 saturated heterocycles. The van der Waals surface area contributed by atoms with Crippen molar-refractivity contribution in [3.8, 4) is 16.9 Å². The molecular formula is C27H39NO8. The number of aromatic nitrogens is 1. The Balaban J connectivity index is 1.54. The molecule has 0 spiro atoms. The topological polar surface area (TPSA) is 106 Å². The number of carbonyl (C=O) groups is 1. The lowest BCUT2D eigenvalue weighted by Gasteiger charge is -2.21. The first-order valence-corrected chi connectivity index (χ1v) is 12.2. The molecule has 0 fully saturated rings. The first kappa shape index (κ1) is 29.7. The molecule has 0 aliphatic heterocycles. The third-order valence-electron chi connectivity index (χ3n) is 5.02. The van der Waals surface area contributed by atoms with Crippen LogP contribution in [0.5, 0.6) is 5.75 Å². The van der Waals surface area contributed by atoms with E-state index >= 15 is 0 Å². The van der Waals surface area contributed by atoms with Gasteiger partial charge < -0.3 is 33.5 Å². The van der Waals surface area contributed by atoms with Gasteiger partial charge in [-0.15, -0.1) is 0 Å². The van der Waals surface area contributed by atoms with Crippen LogP contribution in [0.15, 0.2) is 42.7 Å². The van der Waals surface area contributed by atoms with Crippen molar-refractivity contribution < 1.29 is 38.3 Å². The van der Waals surface area contributed by atoms with Crippen molar-refractivity contribution in [3.05, 3.63) is 48.3 Å². The van der Waals surface area contributed by atoms with Crippen molar-refractivity contribution in [2.45, 2.75) is 26.2 Å². The second-order valence-electron chi connectivity index (χ2n) is 8.95.